The number of nitrogens with one attached hydrogen (secondary N) is 2. The summed E-state index contributed by atoms with van der Waals surface area (Å²) in [6.45, 7) is 5.65. The fourth-order valence-corrected chi connectivity index (χ4v) is 4.92. The Kier molecular flexibility index (Phi) is 7.67. The molecule has 0 fully saturated rings. The van der Waals surface area contributed by atoms with Crippen molar-refractivity contribution in [1.82, 2.24) is 15.2 Å². The normalized spacial score (nSPS) is 11.2. The van der Waals surface area contributed by atoms with Crippen LogP contribution in [0.25, 0.3) is 33.1 Å². The molecule has 5 aromatic rings. The molecule has 200 valence electrons. The van der Waals surface area contributed by atoms with Crippen LogP contribution in [-0.2, 0) is 16.0 Å². The second-order valence-corrected chi connectivity index (χ2v) is 9.65. The molecule has 0 atom stereocenters. The molecule has 0 aliphatic carbocycles. The molecule has 2 aromatic heterocycles. The molecule has 0 amide bonds. The molecule has 0 radical (unpaired) electrons. The van der Waals surface area contributed by atoms with Crippen molar-refractivity contribution in [1.29, 1.82) is 0 Å². The molecule has 39 heavy (non-hydrogen) atoms. The molecule has 0 saturated carbocycles. The summed E-state index contributed by atoms with van der Waals surface area (Å²) in [4.78, 5) is 15.9. The maximum Gasteiger partial charge on any atom is 0.360 e. The summed E-state index contributed by atoms with van der Waals surface area (Å²) < 4.78 is 15.9. The fraction of sp³-hybridized carbons (Fsp3) is 0.233. The standard InChI is InChI=1S/C30H29ClN4O4/c1-17-14-20(31)9-8-19(17)16-32-24-7-5-6-22(18(24)2)27-26-23-11-10-21(39-13-12-37-3)15-25(23)33-28(26)29(35-34-27)30(36)38-4/h5-11,14-15,32-33H,12-13,16H2,1-4H3. The Hall–Kier alpha value is -4.14. The lowest BCUT2D eigenvalue weighted by molar-refractivity contribution is 0.0595. The molecule has 0 aliphatic heterocycles. The summed E-state index contributed by atoms with van der Waals surface area (Å²) >= 11 is 6.13. The van der Waals surface area contributed by atoms with Crippen LogP contribution in [0, 0.1) is 13.8 Å². The number of anilines is 1. The molecule has 0 bridgehead atoms. The molecular weight excluding hydrogens is 516 g/mol. The largest absolute Gasteiger partial charge is 0.491 e. The number of aromatic amines is 1. The Bertz CT molecular complexity index is 1680. The predicted molar refractivity (Wildman–Crippen MR) is 154 cm³/mol. The van der Waals surface area contributed by atoms with Gasteiger partial charge in [0.15, 0.2) is 5.69 Å². The van der Waals surface area contributed by atoms with Gasteiger partial charge in [0.25, 0.3) is 0 Å². The zero-order valence-electron chi connectivity index (χ0n) is 22.2. The van der Waals surface area contributed by atoms with Gasteiger partial charge in [0.1, 0.15) is 18.1 Å². The Balaban J connectivity index is 1.59. The smallest absolute Gasteiger partial charge is 0.360 e. The van der Waals surface area contributed by atoms with Gasteiger partial charge in [0, 0.05) is 46.8 Å². The zero-order chi connectivity index (χ0) is 27.5. The number of carbonyl (C=O) groups excluding carboxylic acids is 1. The van der Waals surface area contributed by atoms with Gasteiger partial charge >= 0.3 is 5.97 Å². The third-order valence-corrected chi connectivity index (χ3v) is 7.03. The quantitative estimate of drug-likeness (QED) is 0.162. The first-order chi connectivity index (χ1) is 18.9. The summed E-state index contributed by atoms with van der Waals surface area (Å²) in [5.41, 5.74) is 7.33. The molecule has 8 nitrogen and oxygen atoms in total. The van der Waals surface area contributed by atoms with E-state index in [0.717, 1.165) is 49.3 Å². The van der Waals surface area contributed by atoms with Crippen molar-refractivity contribution in [2.45, 2.75) is 20.4 Å². The van der Waals surface area contributed by atoms with Gasteiger partial charge in [-0.3, -0.25) is 0 Å². The molecular formula is C30H29ClN4O4. The molecule has 2 N–H and O–H groups in total. The van der Waals surface area contributed by atoms with E-state index in [1.54, 1.807) is 7.11 Å². The molecule has 0 spiro atoms. The number of rotatable bonds is 9. The molecule has 0 unspecified atom stereocenters. The highest BCUT2D eigenvalue weighted by molar-refractivity contribution is 6.30. The van der Waals surface area contributed by atoms with Crippen molar-refractivity contribution in [2.24, 2.45) is 0 Å². The van der Waals surface area contributed by atoms with Crippen LogP contribution < -0.4 is 10.1 Å². The Morgan fingerprint density at radius 1 is 1.03 bits per heavy atom. The average Bonchev–Trinajstić information content (AvgIpc) is 3.31. The minimum atomic E-state index is -0.562. The van der Waals surface area contributed by atoms with Gasteiger partial charge in [-0.1, -0.05) is 29.8 Å². The number of carbonyl (C=O) groups is 1. The number of aromatic nitrogens is 3. The van der Waals surface area contributed by atoms with Crippen molar-refractivity contribution < 1.29 is 19.0 Å². The van der Waals surface area contributed by atoms with Gasteiger partial charge in [-0.2, -0.15) is 0 Å². The highest BCUT2D eigenvalue weighted by atomic mass is 35.5. The summed E-state index contributed by atoms with van der Waals surface area (Å²) in [6.07, 6.45) is 0. The number of nitrogens with zero attached hydrogens (tertiary/aromatic N) is 2. The van der Waals surface area contributed by atoms with Crippen LogP contribution in [0.4, 0.5) is 5.69 Å². The summed E-state index contributed by atoms with van der Waals surface area (Å²) in [5, 5.41) is 14.8. The van der Waals surface area contributed by atoms with E-state index >= 15 is 0 Å². The molecule has 0 aliphatic rings. The van der Waals surface area contributed by atoms with Crippen molar-refractivity contribution in [3.63, 3.8) is 0 Å². The van der Waals surface area contributed by atoms with Gasteiger partial charge in [0.2, 0.25) is 0 Å². The topological polar surface area (TPSA) is 98.4 Å². The lowest BCUT2D eigenvalue weighted by Crippen LogP contribution is -2.08. The zero-order valence-corrected chi connectivity index (χ0v) is 23.0. The van der Waals surface area contributed by atoms with Crippen LogP contribution in [0.2, 0.25) is 5.02 Å². The van der Waals surface area contributed by atoms with Crippen LogP contribution in [0.1, 0.15) is 27.2 Å². The molecule has 2 heterocycles. The fourth-order valence-electron chi connectivity index (χ4n) is 4.69. The van der Waals surface area contributed by atoms with Crippen molar-refractivity contribution in [3.8, 4) is 17.0 Å². The first-order valence-corrected chi connectivity index (χ1v) is 12.9. The molecule has 9 heteroatoms. The number of methoxy groups -OCH3 is 2. The first-order valence-electron chi connectivity index (χ1n) is 12.5. The average molecular weight is 545 g/mol. The SMILES string of the molecule is COCCOc1ccc2c(c1)[nH]c1c(C(=O)OC)nnc(-c3cccc(NCc4ccc(Cl)cc4C)c3C)c12. The second kappa shape index (κ2) is 11.3. The van der Waals surface area contributed by atoms with Crippen LogP contribution >= 0.6 is 11.6 Å². The Morgan fingerprint density at radius 2 is 1.87 bits per heavy atom. The number of esters is 1. The number of hydrogen-bond donors (Lipinski definition) is 2. The van der Waals surface area contributed by atoms with Crippen LogP contribution in [0.15, 0.2) is 54.6 Å². The first kappa shape index (κ1) is 26.5. The number of hydrogen-bond acceptors (Lipinski definition) is 7. The van der Waals surface area contributed by atoms with Crippen LogP contribution in [0.5, 0.6) is 5.75 Å². The molecule has 3 aromatic carbocycles. The lowest BCUT2D eigenvalue weighted by atomic mass is 9.99. The number of halogens is 1. The predicted octanol–water partition coefficient (Wildman–Crippen LogP) is 6.47. The van der Waals surface area contributed by atoms with E-state index in [9.17, 15) is 4.79 Å². The van der Waals surface area contributed by atoms with Gasteiger partial charge in [-0.15, -0.1) is 10.2 Å². The highest BCUT2D eigenvalue weighted by Crippen LogP contribution is 2.38. The van der Waals surface area contributed by atoms with Gasteiger partial charge in [-0.25, -0.2) is 4.79 Å². The molecule has 0 saturated heterocycles. The van der Waals surface area contributed by atoms with Gasteiger partial charge in [-0.05, 0) is 60.9 Å². The highest BCUT2D eigenvalue weighted by Gasteiger charge is 2.22. The third-order valence-electron chi connectivity index (χ3n) is 6.79. The Labute approximate surface area is 231 Å². The van der Waals surface area contributed by atoms with Gasteiger partial charge in [0.05, 0.1) is 24.8 Å². The van der Waals surface area contributed by atoms with E-state index in [0.29, 0.717) is 36.7 Å². The third kappa shape index (κ3) is 5.26. The summed E-state index contributed by atoms with van der Waals surface area (Å²) in [7, 11) is 2.96. The number of H-pyrrole nitrogens is 1. The van der Waals surface area contributed by atoms with E-state index in [-0.39, 0.29) is 5.69 Å². The van der Waals surface area contributed by atoms with Crippen LogP contribution in [0.3, 0.4) is 0 Å². The van der Waals surface area contributed by atoms with E-state index in [1.807, 2.05) is 68.4 Å². The van der Waals surface area contributed by atoms with E-state index in [2.05, 4.69) is 20.5 Å². The maximum absolute atomic E-state index is 12.6. The summed E-state index contributed by atoms with van der Waals surface area (Å²) in [5.74, 6) is 0.126. The minimum Gasteiger partial charge on any atom is -0.491 e. The number of fused-ring (bicyclic) bond motifs is 3. The minimum absolute atomic E-state index is 0.124. The van der Waals surface area contributed by atoms with E-state index in [1.165, 1.54) is 7.11 Å². The summed E-state index contributed by atoms with van der Waals surface area (Å²) in [6, 6.07) is 17.7. The number of aryl methyl sites for hydroxylation is 1. The maximum atomic E-state index is 12.6. The second-order valence-electron chi connectivity index (χ2n) is 9.21. The van der Waals surface area contributed by atoms with Crippen molar-refractivity contribution in [3.05, 3.63) is 82.0 Å². The van der Waals surface area contributed by atoms with Crippen LogP contribution in [-0.4, -0.2) is 48.6 Å². The van der Waals surface area contributed by atoms with E-state index in [4.69, 9.17) is 25.8 Å². The van der Waals surface area contributed by atoms with E-state index < -0.39 is 5.97 Å². The molecule has 5 rings (SSSR count). The number of benzene rings is 3. The van der Waals surface area contributed by atoms with Gasteiger partial charge < -0.3 is 24.5 Å². The number of ether oxygens (including phenoxy) is 3. The monoisotopic (exact) mass is 544 g/mol. The van der Waals surface area contributed by atoms with Crippen molar-refractivity contribution in [2.75, 3.05) is 32.8 Å². The lowest BCUT2D eigenvalue weighted by Gasteiger charge is -2.15. The van der Waals surface area contributed by atoms with Crippen molar-refractivity contribution >= 4 is 45.1 Å². The Morgan fingerprint density at radius 3 is 2.64 bits per heavy atom.